The quantitative estimate of drug-likeness (QED) is 0.671. The van der Waals surface area contributed by atoms with Gasteiger partial charge in [0, 0.05) is 22.7 Å². The second kappa shape index (κ2) is 5.30. The number of carbonyl (C=O) groups is 1. The standard InChI is InChI=1S/C12H11ClN4O3/c1-6-11(7(2)16-15-6)14-12(18)8-3-9(13)5-10(4-8)17(19)20/h3-5H,1-2H3,(H,14,18)(H,15,16). The van der Waals surface area contributed by atoms with Gasteiger partial charge in [0.25, 0.3) is 11.6 Å². The minimum absolute atomic E-state index is 0.115. The molecule has 0 fully saturated rings. The normalized spacial score (nSPS) is 10.3. The van der Waals surface area contributed by atoms with Crippen molar-refractivity contribution in [3.8, 4) is 0 Å². The van der Waals surface area contributed by atoms with Gasteiger partial charge < -0.3 is 5.32 Å². The Bertz CT molecular complexity index is 677. The van der Waals surface area contributed by atoms with Crippen molar-refractivity contribution in [2.24, 2.45) is 0 Å². The Hall–Kier alpha value is -2.41. The lowest BCUT2D eigenvalue weighted by atomic mass is 10.2. The van der Waals surface area contributed by atoms with Gasteiger partial charge in [0.2, 0.25) is 0 Å². The molecule has 104 valence electrons. The molecule has 2 N–H and O–H groups in total. The van der Waals surface area contributed by atoms with E-state index in [-0.39, 0.29) is 16.3 Å². The topological polar surface area (TPSA) is 101 Å². The van der Waals surface area contributed by atoms with Gasteiger partial charge in [-0.25, -0.2) is 0 Å². The summed E-state index contributed by atoms with van der Waals surface area (Å²) in [5.41, 5.74) is 1.77. The number of non-ortho nitro benzene ring substituents is 1. The van der Waals surface area contributed by atoms with Gasteiger partial charge in [-0.05, 0) is 19.9 Å². The lowest BCUT2D eigenvalue weighted by Gasteiger charge is -2.05. The highest BCUT2D eigenvalue weighted by Gasteiger charge is 2.16. The van der Waals surface area contributed by atoms with E-state index in [0.717, 1.165) is 0 Å². The number of nitro benzene ring substituents is 1. The minimum Gasteiger partial charge on any atom is -0.319 e. The molecule has 0 atom stereocenters. The number of hydrogen-bond donors (Lipinski definition) is 2. The number of aromatic amines is 1. The van der Waals surface area contributed by atoms with Crippen molar-refractivity contribution in [1.82, 2.24) is 10.2 Å². The van der Waals surface area contributed by atoms with Crippen molar-refractivity contribution in [3.63, 3.8) is 0 Å². The molecule has 2 rings (SSSR count). The Labute approximate surface area is 119 Å². The van der Waals surface area contributed by atoms with Crippen molar-refractivity contribution >= 4 is 28.9 Å². The number of nitrogens with zero attached hydrogens (tertiary/aromatic N) is 2. The van der Waals surface area contributed by atoms with E-state index in [2.05, 4.69) is 15.5 Å². The number of rotatable bonds is 3. The Balaban J connectivity index is 2.32. The summed E-state index contributed by atoms with van der Waals surface area (Å²) in [4.78, 5) is 22.3. The van der Waals surface area contributed by atoms with Gasteiger partial charge in [-0.3, -0.25) is 20.0 Å². The Kier molecular flexibility index (Phi) is 3.71. The predicted molar refractivity (Wildman–Crippen MR) is 74.1 cm³/mol. The number of hydrogen-bond acceptors (Lipinski definition) is 4. The van der Waals surface area contributed by atoms with Crippen molar-refractivity contribution < 1.29 is 9.72 Å². The lowest BCUT2D eigenvalue weighted by molar-refractivity contribution is -0.384. The van der Waals surface area contributed by atoms with Crippen molar-refractivity contribution in [2.45, 2.75) is 13.8 Å². The molecule has 0 saturated carbocycles. The number of nitrogens with one attached hydrogen (secondary N) is 2. The summed E-state index contributed by atoms with van der Waals surface area (Å²) >= 11 is 5.78. The monoisotopic (exact) mass is 294 g/mol. The van der Waals surface area contributed by atoms with E-state index in [4.69, 9.17) is 11.6 Å². The molecule has 0 spiro atoms. The highest BCUT2D eigenvalue weighted by molar-refractivity contribution is 6.31. The number of nitro groups is 1. The molecule has 0 aliphatic carbocycles. The zero-order chi connectivity index (χ0) is 14.9. The molecule has 0 saturated heterocycles. The summed E-state index contributed by atoms with van der Waals surface area (Å²) in [6.45, 7) is 3.50. The Morgan fingerprint density at radius 1 is 1.40 bits per heavy atom. The fraction of sp³-hybridized carbons (Fsp3) is 0.167. The van der Waals surface area contributed by atoms with Gasteiger partial charge in [0.05, 0.1) is 22.0 Å². The van der Waals surface area contributed by atoms with E-state index >= 15 is 0 Å². The van der Waals surface area contributed by atoms with E-state index in [1.807, 2.05) is 0 Å². The SMILES string of the molecule is Cc1n[nH]c(C)c1NC(=O)c1cc(Cl)cc([N+](=O)[O-])c1. The molecule has 8 heteroatoms. The van der Waals surface area contributed by atoms with Crippen LogP contribution in [0.3, 0.4) is 0 Å². The van der Waals surface area contributed by atoms with Crippen LogP contribution in [0.25, 0.3) is 0 Å². The first-order valence-corrected chi connectivity index (χ1v) is 6.04. The number of benzene rings is 1. The molecule has 1 aromatic carbocycles. The third-order valence-electron chi connectivity index (χ3n) is 2.72. The molecule has 1 amide bonds. The van der Waals surface area contributed by atoms with Crippen LogP contribution in [0, 0.1) is 24.0 Å². The molecule has 0 aliphatic rings. The first-order valence-electron chi connectivity index (χ1n) is 5.66. The fourth-order valence-corrected chi connectivity index (χ4v) is 1.96. The van der Waals surface area contributed by atoms with E-state index < -0.39 is 10.8 Å². The van der Waals surface area contributed by atoms with E-state index in [9.17, 15) is 14.9 Å². The van der Waals surface area contributed by atoms with Crippen LogP contribution < -0.4 is 5.32 Å². The van der Waals surface area contributed by atoms with Crippen LogP contribution in [0.2, 0.25) is 5.02 Å². The van der Waals surface area contributed by atoms with Crippen LogP contribution in [0.1, 0.15) is 21.7 Å². The second-order valence-corrected chi connectivity index (χ2v) is 4.65. The zero-order valence-electron chi connectivity index (χ0n) is 10.7. The first kappa shape index (κ1) is 14.0. The molecule has 1 aromatic heterocycles. The number of aryl methyl sites for hydroxylation is 2. The number of halogens is 1. The number of aromatic nitrogens is 2. The third-order valence-corrected chi connectivity index (χ3v) is 2.94. The van der Waals surface area contributed by atoms with E-state index in [0.29, 0.717) is 17.1 Å². The van der Waals surface area contributed by atoms with Gasteiger partial charge in [-0.15, -0.1) is 0 Å². The van der Waals surface area contributed by atoms with E-state index in [1.165, 1.54) is 18.2 Å². The van der Waals surface area contributed by atoms with Gasteiger partial charge >= 0.3 is 0 Å². The summed E-state index contributed by atoms with van der Waals surface area (Å²) in [6.07, 6.45) is 0. The molecule has 0 unspecified atom stereocenters. The average molecular weight is 295 g/mol. The van der Waals surface area contributed by atoms with Crippen LogP contribution in [0.15, 0.2) is 18.2 Å². The molecule has 0 radical (unpaired) electrons. The molecular formula is C12H11ClN4O3. The third kappa shape index (κ3) is 2.77. The highest BCUT2D eigenvalue weighted by atomic mass is 35.5. The zero-order valence-corrected chi connectivity index (χ0v) is 11.5. The smallest absolute Gasteiger partial charge is 0.271 e. The largest absolute Gasteiger partial charge is 0.319 e. The maximum absolute atomic E-state index is 12.1. The maximum atomic E-state index is 12.1. The molecule has 1 heterocycles. The average Bonchev–Trinajstić information content (AvgIpc) is 2.69. The number of anilines is 1. The van der Waals surface area contributed by atoms with Gasteiger partial charge in [-0.1, -0.05) is 11.6 Å². The molecule has 20 heavy (non-hydrogen) atoms. The van der Waals surface area contributed by atoms with E-state index in [1.54, 1.807) is 13.8 Å². The van der Waals surface area contributed by atoms with Crippen LogP contribution in [-0.2, 0) is 0 Å². The molecule has 0 bridgehead atoms. The predicted octanol–water partition coefficient (Wildman–Crippen LogP) is 2.84. The molecule has 2 aromatic rings. The van der Waals surface area contributed by atoms with Gasteiger partial charge in [0.15, 0.2) is 0 Å². The first-order chi connectivity index (χ1) is 9.38. The fourth-order valence-electron chi connectivity index (χ4n) is 1.73. The lowest BCUT2D eigenvalue weighted by Crippen LogP contribution is -2.13. The number of H-pyrrole nitrogens is 1. The summed E-state index contributed by atoms with van der Waals surface area (Å²) in [5, 5.41) is 20.2. The summed E-state index contributed by atoms with van der Waals surface area (Å²) in [6, 6.07) is 3.73. The Morgan fingerprint density at radius 2 is 2.10 bits per heavy atom. The van der Waals surface area contributed by atoms with Gasteiger partial charge in [0.1, 0.15) is 0 Å². The number of amides is 1. The minimum atomic E-state index is -0.600. The van der Waals surface area contributed by atoms with Crippen molar-refractivity contribution in [2.75, 3.05) is 5.32 Å². The maximum Gasteiger partial charge on any atom is 0.271 e. The van der Waals surface area contributed by atoms with Crippen molar-refractivity contribution in [3.05, 3.63) is 50.3 Å². The summed E-state index contributed by atoms with van der Waals surface area (Å²) < 4.78 is 0. The van der Waals surface area contributed by atoms with Crippen molar-refractivity contribution in [1.29, 1.82) is 0 Å². The molecule has 0 aliphatic heterocycles. The van der Waals surface area contributed by atoms with Crippen LogP contribution in [0.5, 0.6) is 0 Å². The molecular weight excluding hydrogens is 284 g/mol. The number of carbonyl (C=O) groups excluding carboxylic acids is 1. The van der Waals surface area contributed by atoms with Crippen LogP contribution >= 0.6 is 11.6 Å². The second-order valence-electron chi connectivity index (χ2n) is 4.22. The Morgan fingerprint density at radius 3 is 2.65 bits per heavy atom. The van der Waals surface area contributed by atoms with Crippen LogP contribution in [0.4, 0.5) is 11.4 Å². The molecule has 7 nitrogen and oxygen atoms in total. The summed E-state index contributed by atoms with van der Waals surface area (Å²) in [7, 11) is 0. The summed E-state index contributed by atoms with van der Waals surface area (Å²) in [5.74, 6) is -0.483. The van der Waals surface area contributed by atoms with Gasteiger partial charge in [-0.2, -0.15) is 5.10 Å². The van der Waals surface area contributed by atoms with Crippen LogP contribution in [-0.4, -0.2) is 21.0 Å². The highest BCUT2D eigenvalue weighted by Crippen LogP contribution is 2.23.